The van der Waals surface area contributed by atoms with E-state index in [2.05, 4.69) is 31.1 Å². The third kappa shape index (κ3) is 3.51. The number of amides is 1. The molecule has 0 unspecified atom stereocenters. The minimum Gasteiger partial charge on any atom is -0.321 e. The zero-order chi connectivity index (χ0) is 18.4. The van der Waals surface area contributed by atoms with E-state index in [0.29, 0.717) is 27.1 Å². The molecule has 1 N–H and O–H groups in total. The van der Waals surface area contributed by atoms with Gasteiger partial charge in [-0.1, -0.05) is 56.1 Å². The fraction of sp³-hybridized carbons (Fsp3) is 0.263. The Morgan fingerprint density at radius 2 is 1.80 bits per heavy atom. The maximum atomic E-state index is 12.8. The molecule has 0 spiro atoms. The fourth-order valence-corrected chi connectivity index (χ4v) is 3.22. The van der Waals surface area contributed by atoms with Crippen LogP contribution in [0.15, 0.2) is 36.5 Å². The molecule has 0 aliphatic rings. The van der Waals surface area contributed by atoms with Gasteiger partial charge in [-0.25, -0.2) is 4.98 Å². The molecule has 6 heteroatoms. The first-order valence-corrected chi connectivity index (χ1v) is 8.68. The minimum absolute atomic E-state index is 0.0638. The van der Waals surface area contributed by atoms with E-state index < -0.39 is 0 Å². The van der Waals surface area contributed by atoms with Gasteiger partial charge in [0.25, 0.3) is 5.91 Å². The van der Waals surface area contributed by atoms with E-state index in [1.807, 2.05) is 24.3 Å². The van der Waals surface area contributed by atoms with Gasteiger partial charge in [-0.2, -0.15) is 0 Å². The van der Waals surface area contributed by atoms with E-state index in [4.69, 9.17) is 23.2 Å². The van der Waals surface area contributed by atoms with E-state index in [0.717, 1.165) is 5.69 Å². The van der Waals surface area contributed by atoms with Crippen LogP contribution < -0.4 is 5.32 Å². The van der Waals surface area contributed by atoms with E-state index in [1.54, 1.807) is 23.6 Å². The molecular weight excluding hydrogens is 357 g/mol. The summed E-state index contributed by atoms with van der Waals surface area (Å²) in [5.74, 6) is -0.258. The zero-order valence-electron chi connectivity index (χ0n) is 14.5. The summed E-state index contributed by atoms with van der Waals surface area (Å²) in [6.07, 6.45) is 1.64. The lowest BCUT2D eigenvalue weighted by Crippen LogP contribution is -2.16. The Morgan fingerprint density at radius 1 is 1.16 bits per heavy atom. The van der Waals surface area contributed by atoms with Crippen LogP contribution in [0.3, 0.4) is 0 Å². The minimum atomic E-state index is -0.258. The first-order chi connectivity index (χ1) is 11.7. The van der Waals surface area contributed by atoms with Crippen molar-refractivity contribution in [2.24, 2.45) is 0 Å². The molecule has 1 aromatic carbocycles. The second kappa shape index (κ2) is 6.36. The summed E-state index contributed by atoms with van der Waals surface area (Å²) in [6, 6.07) is 9.45. The Kier molecular flexibility index (Phi) is 4.52. The number of hydrogen-bond acceptors (Lipinski definition) is 2. The van der Waals surface area contributed by atoms with E-state index in [1.165, 1.54) is 5.56 Å². The van der Waals surface area contributed by atoms with Gasteiger partial charge in [0.1, 0.15) is 5.69 Å². The highest BCUT2D eigenvalue weighted by Crippen LogP contribution is 2.26. The van der Waals surface area contributed by atoms with Gasteiger partial charge in [0.15, 0.2) is 5.65 Å². The standard InChI is InChI=1S/C19H19Cl2N3O/c1-11-16(24-10-13(20)9-15(21)17(24)22-11)18(25)23-14-7-5-12(6-8-14)19(2,3)4/h5-10H,1-4H3,(H,23,25). The smallest absolute Gasteiger partial charge is 0.274 e. The van der Waals surface area contributed by atoms with Crippen LogP contribution in [0.2, 0.25) is 10.0 Å². The summed E-state index contributed by atoms with van der Waals surface area (Å²) in [5, 5.41) is 3.76. The number of rotatable bonds is 2. The molecular formula is C19H19Cl2N3O. The van der Waals surface area contributed by atoms with Crippen LogP contribution in [-0.2, 0) is 5.41 Å². The quantitative estimate of drug-likeness (QED) is 0.642. The number of benzene rings is 1. The normalized spacial score (nSPS) is 11.8. The van der Waals surface area contributed by atoms with Crippen LogP contribution in [0, 0.1) is 6.92 Å². The lowest BCUT2D eigenvalue weighted by Gasteiger charge is -2.19. The third-order valence-electron chi connectivity index (χ3n) is 4.04. The van der Waals surface area contributed by atoms with Gasteiger partial charge in [0.05, 0.1) is 15.7 Å². The number of nitrogens with zero attached hydrogens (tertiary/aromatic N) is 2. The molecule has 0 saturated heterocycles. The number of pyridine rings is 1. The van der Waals surface area contributed by atoms with Crippen LogP contribution in [0.1, 0.15) is 42.5 Å². The Balaban J connectivity index is 1.94. The number of hydrogen-bond donors (Lipinski definition) is 1. The number of imidazole rings is 1. The summed E-state index contributed by atoms with van der Waals surface area (Å²) in [7, 11) is 0. The van der Waals surface area contributed by atoms with Gasteiger partial charge in [-0.3, -0.25) is 9.20 Å². The van der Waals surface area contributed by atoms with Crippen molar-refractivity contribution in [2.45, 2.75) is 33.1 Å². The molecule has 0 bridgehead atoms. The van der Waals surface area contributed by atoms with Crippen molar-refractivity contribution in [1.82, 2.24) is 9.38 Å². The number of carbonyl (C=O) groups excluding carboxylic acids is 1. The molecule has 4 nitrogen and oxygen atoms in total. The van der Waals surface area contributed by atoms with Gasteiger partial charge in [0, 0.05) is 11.9 Å². The third-order valence-corrected chi connectivity index (χ3v) is 4.52. The Bertz CT molecular complexity index is 953. The Labute approximate surface area is 156 Å². The number of anilines is 1. The monoisotopic (exact) mass is 375 g/mol. The predicted molar refractivity (Wildman–Crippen MR) is 103 cm³/mol. The molecule has 3 aromatic rings. The van der Waals surface area contributed by atoms with Gasteiger partial charge >= 0.3 is 0 Å². The number of halogens is 2. The highest BCUT2D eigenvalue weighted by molar-refractivity contribution is 6.36. The van der Waals surface area contributed by atoms with Gasteiger partial charge in [-0.05, 0) is 36.1 Å². The first kappa shape index (κ1) is 17.8. The molecule has 2 heterocycles. The van der Waals surface area contributed by atoms with Crippen LogP contribution in [0.5, 0.6) is 0 Å². The summed E-state index contributed by atoms with van der Waals surface area (Å²) in [4.78, 5) is 17.1. The van der Waals surface area contributed by atoms with Crippen molar-refractivity contribution in [3.63, 3.8) is 0 Å². The molecule has 3 rings (SSSR count). The summed E-state index contributed by atoms with van der Waals surface area (Å²) < 4.78 is 1.62. The lowest BCUT2D eigenvalue weighted by molar-refractivity contribution is 0.102. The summed E-state index contributed by atoms with van der Waals surface area (Å²) >= 11 is 12.2. The van der Waals surface area contributed by atoms with Crippen molar-refractivity contribution in [3.8, 4) is 0 Å². The van der Waals surface area contributed by atoms with E-state index in [9.17, 15) is 4.79 Å². The molecule has 25 heavy (non-hydrogen) atoms. The molecule has 0 saturated carbocycles. The zero-order valence-corrected chi connectivity index (χ0v) is 16.0. The van der Waals surface area contributed by atoms with Gasteiger partial charge in [-0.15, -0.1) is 0 Å². The summed E-state index contributed by atoms with van der Waals surface area (Å²) in [5.41, 5.74) is 3.51. The maximum Gasteiger partial charge on any atom is 0.274 e. The highest BCUT2D eigenvalue weighted by Gasteiger charge is 2.19. The molecule has 1 amide bonds. The number of aromatic nitrogens is 2. The number of nitrogens with one attached hydrogen (secondary N) is 1. The molecule has 0 radical (unpaired) electrons. The number of carbonyl (C=O) groups is 1. The predicted octanol–water partition coefficient (Wildman–Crippen LogP) is 5.50. The largest absolute Gasteiger partial charge is 0.321 e. The van der Waals surface area contributed by atoms with Crippen LogP contribution in [0.4, 0.5) is 5.69 Å². The highest BCUT2D eigenvalue weighted by atomic mass is 35.5. The van der Waals surface area contributed by atoms with Crippen LogP contribution in [-0.4, -0.2) is 15.3 Å². The van der Waals surface area contributed by atoms with Gasteiger partial charge in [0.2, 0.25) is 0 Å². The first-order valence-electron chi connectivity index (χ1n) is 7.92. The van der Waals surface area contributed by atoms with Gasteiger partial charge < -0.3 is 5.32 Å². The Hall–Kier alpha value is -2.04. The van der Waals surface area contributed by atoms with Crippen LogP contribution in [0.25, 0.3) is 5.65 Å². The Morgan fingerprint density at radius 3 is 2.40 bits per heavy atom. The average Bonchev–Trinajstić information content (AvgIpc) is 2.83. The molecule has 0 atom stereocenters. The van der Waals surface area contributed by atoms with Crippen molar-refractivity contribution >= 4 is 40.4 Å². The van der Waals surface area contributed by atoms with Crippen molar-refractivity contribution in [2.75, 3.05) is 5.32 Å². The maximum absolute atomic E-state index is 12.8. The molecule has 130 valence electrons. The number of fused-ring (bicyclic) bond motifs is 1. The topological polar surface area (TPSA) is 46.4 Å². The second-order valence-electron chi connectivity index (χ2n) is 7.03. The van der Waals surface area contributed by atoms with Crippen molar-refractivity contribution in [3.05, 3.63) is 63.5 Å². The molecule has 0 fully saturated rings. The second-order valence-corrected chi connectivity index (χ2v) is 7.87. The van der Waals surface area contributed by atoms with Crippen LogP contribution >= 0.6 is 23.2 Å². The fourth-order valence-electron chi connectivity index (χ4n) is 2.70. The van der Waals surface area contributed by atoms with E-state index in [-0.39, 0.29) is 11.3 Å². The van der Waals surface area contributed by atoms with Crippen molar-refractivity contribution < 1.29 is 4.79 Å². The summed E-state index contributed by atoms with van der Waals surface area (Å²) in [6.45, 7) is 8.22. The van der Waals surface area contributed by atoms with Crippen molar-refractivity contribution in [1.29, 1.82) is 0 Å². The lowest BCUT2D eigenvalue weighted by atomic mass is 9.87. The average molecular weight is 376 g/mol. The molecule has 0 aliphatic heterocycles. The molecule has 2 aromatic heterocycles. The molecule has 0 aliphatic carbocycles. The SMILES string of the molecule is Cc1nc2c(Cl)cc(Cl)cn2c1C(=O)Nc1ccc(C(C)(C)C)cc1. The van der Waals surface area contributed by atoms with E-state index >= 15 is 0 Å². The number of aryl methyl sites for hydroxylation is 1.